The Morgan fingerprint density at radius 2 is 2.37 bits per heavy atom. The molecule has 0 radical (unpaired) electrons. The maximum atomic E-state index is 13.6. The first kappa shape index (κ1) is 13.7. The van der Waals surface area contributed by atoms with Crippen LogP contribution in [0.4, 0.5) is 15.8 Å². The van der Waals surface area contributed by atoms with Gasteiger partial charge in [0.15, 0.2) is 0 Å². The minimum absolute atomic E-state index is 0.322. The van der Waals surface area contributed by atoms with E-state index in [2.05, 4.69) is 5.32 Å². The summed E-state index contributed by atoms with van der Waals surface area (Å²) in [6.07, 6.45) is 2.17. The minimum Gasteiger partial charge on any atom is -0.365 e. The summed E-state index contributed by atoms with van der Waals surface area (Å²) < 4.78 is 13.6. The van der Waals surface area contributed by atoms with Crippen LogP contribution < -0.4 is 10.2 Å². The third-order valence-corrected chi connectivity index (χ3v) is 3.47. The lowest BCUT2D eigenvalue weighted by Crippen LogP contribution is -2.37. The first-order chi connectivity index (χ1) is 9.13. The molecule has 1 N–H and O–H groups in total. The highest BCUT2D eigenvalue weighted by atomic mass is 19.1. The van der Waals surface area contributed by atoms with Crippen molar-refractivity contribution in [2.24, 2.45) is 0 Å². The van der Waals surface area contributed by atoms with Gasteiger partial charge >= 0.3 is 5.69 Å². The zero-order chi connectivity index (χ0) is 13.8. The average Bonchev–Trinajstić information content (AvgIpc) is 2.88. The molecule has 1 aliphatic heterocycles. The Bertz CT molecular complexity index is 461. The molecular formula is C13H18FN3O2. The standard InChI is InChI=1S/C13H18FN3O2/c1-2-16(9-10-5-4-8-15-10)12-7-3-6-11(14)13(12)17(18)19/h3,6-7,10,15H,2,4-5,8-9H2,1H3. The summed E-state index contributed by atoms with van der Waals surface area (Å²) in [4.78, 5) is 12.2. The number of likely N-dealkylation sites (N-methyl/N-ethyl adjacent to an activating group) is 1. The van der Waals surface area contributed by atoms with E-state index >= 15 is 0 Å². The van der Waals surface area contributed by atoms with Gasteiger partial charge in [-0.25, -0.2) is 0 Å². The van der Waals surface area contributed by atoms with Crippen molar-refractivity contribution >= 4 is 11.4 Å². The Morgan fingerprint density at radius 1 is 1.58 bits per heavy atom. The first-order valence-corrected chi connectivity index (χ1v) is 6.54. The van der Waals surface area contributed by atoms with Gasteiger partial charge in [-0.3, -0.25) is 10.1 Å². The number of halogens is 1. The second-order valence-electron chi connectivity index (χ2n) is 4.70. The van der Waals surface area contributed by atoms with Crippen molar-refractivity contribution in [3.8, 4) is 0 Å². The number of nitro groups is 1. The molecule has 1 heterocycles. The van der Waals surface area contributed by atoms with Crippen molar-refractivity contribution in [2.75, 3.05) is 24.5 Å². The molecule has 1 aromatic carbocycles. The molecule has 0 amide bonds. The third-order valence-electron chi connectivity index (χ3n) is 3.47. The first-order valence-electron chi connectivity index (χ1n) is 6.54. The van der Waals surface area contributed by atoms with E-state index in [-0.39, 0.29) is 0 Å². The van der Waals surface area contributed by atoms with Crippen LogP contribution in [0.5, 0.6) is 0 Å². The highest BCUT2D eigenvalue weighted by Gasteiger charge is 2.25. The van der Waals surface area contributed by atoms with Crippen molar-refractivity contribution in [3.63, 3.8) is 0 Å². The van der Waals surface area contributed by atoms with Gasteiger partial charge in [0.05, 0.1) is 4.92 Å². The predicted octanol–water partition coefficient (Wildman–Crippen LogP) is 2.31. The third kappa shape index (κ3) is 3.01. The average molecular weight is 267 g/mol. The van der Waals surface area contributed by atoms with Crippen LogP contribution in [0.2, 0.25) is 0 Å². The SMILES string of the molecule is CCN(CC1CCCN1)c1cccc(F)c1[N+](=O)[O-]. The maximum absolute atomic E-state index is 13.6. The van der Waals surface area contributed by atoms with Crippen LogP contribution in [0.25, 0.3) is 0 Å². The maximum Gasteiger partial charge on any atom is 0.327 e. The summed E-state index contributed by atoms with van der Waals surface area (Å²) in [6, 6.07) is 4.58. The van der Waals surface area contributed by atoms with E-state index in [9.17, 15) is 14.5 Å². The van der Waals surface area contributed by atoms with Crippen LogP contribution >= 0.6 is 0 Å². The van der Waals surface area contributed by atoms with E-state index in [1.165, 1.54) is 6.07 Å². The molecule has 5 nitrogen and oxygen atoms in total. The van der Waals surface area contributed by atoms with Crippen LogP contribution in [0.1, 0.15) is 19.8 Å². The normalized spacial score (nSPS) is 18.5. The van der Waals surface area contributed by atoms with Crippen molar-refractivity contribution in [1.82, 2.24) is 5.32 Å². The van der Waals surface area contributed by atoms with Crippen LogP contribution in [-0.4, -0.2) is 30.6 Å². The molecule has 19 heavy (non-hydrogen) atoms. The lowest BCUT2D eigenvalue weighted by Gasteiger charge is -2.26. The Balaban J connectivity index is 2.26. The number of nitrogens with one attached hydrogen (secondary N) is 1. The quantitative estimate of drug-likeness (QED) is 0.657. The van der Waals surface area contributed by atoms with E-state index in [0.29, 0.717) is 24.8 Å². The van der Waals surface area contributed by atoms with Gasteiger partial charge in [0.25, 0.3) is 0 Å². The fraction of sp³-hybridized carbons (Fsp3) is 0.538. The second-order valence-corrected chi connectivity index (χ2v) is 4.70. The second kappa shape index (κ2) is 5.97. The number of rotatable bonds is 5. The van der Waals surface area contributed by atoms with Crippen molar-refractivity contribution < 1.29 is 9.31 Å². The topological polar surface area (TPSA) is 58.4 Å². The highest BCUT2D eigenvalue weighted by Crippen LogP contribution is 2.31. The summed E-state index contributed by atoms with van der Waals surface area (Å²) in [6.45, 7) is 4.18. The van der Waals surface area contributed by atoms with E-state index in [1.54, 1.807) is 6.07 Å². The molecular weight excluding hydrogens is 249 g/mol. The molecule has 1 atom stereocenters. The molecule has 1 unspecified atom stereocenters. The van der Waals surface area contributed by atoms with Gasteiger partial charge in [0.1, 0.15) is 5.69 Å². The monoisotopic (exact) mass is 267 g/mol. The molecule has 0 saturated carbocycles. The van der Waals surface area contributed by atoms with Gasteiger partial charge in [0.2, 0.25) is 5.82 Å². The Hall–Kier alpha value is -1.69. The van der Waals surface area contributed by atoms with Gasteiger partial charge in [-0.1, -0.05) is 6.07 Å². The van der Waals surface area contributed by atoms with Gasteiger partial charge in [-0.15, -0.1) is 0 Å². The number of nitro benzene ring substituents is 1. The summed E-state index contributed by atoms with van der Waals surface area (Å²) in [5.41, 5.74) is -0.0662. The fourth-order valence-corrected chi connectivity index (χ4v) is 2.52. The molecule has 2 rings (SSSR count). The zero-order valence-electron chi connectivity index (χ0n) is 10.9. The molecule has 1 saturated heterocycles. The van der Waals surface area contributed by atoms with Gasteiger partial charge in [-0.2, -0.15) is 4.39 Å². The summed E-state index contributed by atoms with van der Waals surface area (Å²) in [5, 5.41) is 14.4. The van der Waals surface area contributed by atoms with Crippen LogP contribution in [0, 0.1) is 15.9 Å². The van der Waals surface area contributed by atoms with Crippen molar-refractivity contribution in [2.45, 2.75) is 25.8 Å². The number of nitrogens with zero attached hydrogens (tertiary/aromatic N) is 2. The highest BCUT2D eigenvalue weighted by molar-refractivity contribution is 5.63. The summed E-state index contributed by atoms with van der Waals surface area (Å²) in [5.74, 6) is -0.777. The zero-order valence-corrected chi connectivity index (χ0v) is 10.9. The Morgan fingerprint density at radius 3 is 2.95 bits per heavy atom. The number of anilines is 1. The molecule has 0 bridgehead atoms. The molecule has 1 aromatic rings. The molecule has 0 spiro atoms. The van der Waals surface area contributed by atoms with Crippen molar-refractivity contribution in [3.05, 3.63) is 34.1 Å². The molecule has 1 aliphatic rings. The number of hydrogen-bond donors (Lipinski definition) is 1. The number of hydrogen-bond acceptors (Lipinski definition) is 4. The predicted molar refractivity (Wildman–Crippen MR) is 72.0 cm³/mol. The molecule has 0 aliphatic carbocycles. The Labute approximate surface area is 111 Å². The van der Waals surface area contributed by atoms with Gasteiger partial charge in [-0.05, 0) is 38.4 Å². The molecule has 0 aromatic heterocycles. The number of para-hydroxylation sites is 1. The molecule has 6 heteroatoms. The molecule has 104 valence electrons. The lowest BCUT2D eigenvalue weighted by molar-refractivity contribution is -0.386. The fourth-order valence-electron chi connectivity index (χ4n) is 2.52. The van der Waals surface area contributed by atoms with E-state index in [0.717, 1.165) is 25.5 Å². The largest absolute Gasteiger partial charge is 0.365 e. The van der Waals surface area contributed by atoms with E-state index < -0.39 is 16.4 Å². The van der Waals surface area contributed by atoms with E-state index in [1.807, 2.05) is 11.8 Å². The minimum atomic E-state index is -0.777. The molecule has 1 fully saturated rings. The summed E-state index contributed by atoms with van der Waals surface area (Å²) >= 11 is 0. The number of benzene rings is 1. The van der Waals surface area contributed by atoms with E-state index in [4.69, 9.17) is 0 Å². The van der Waals surface area contributed by atoms with Crippen LogP contribution in [0.15, 0.2) is 18.2 Å². The van der Waals surface area contributed by atoms with Crippen LogP contribution in [0.3, 0.4) is 0 Å². The van der Waals surface area contributed by atoms with Gasteiger partial charge in [0, 0.05) is 19.1 Å². The van der Waals surface area contributed by atoms with Crippen molar-refractivity contribution in [1.29, 1.82) is 0 Å². The lowest BCUT2D eigenvalue weighted by atomic mass is 10.1. The summed E-state index contributed by atoms with van der Waals surface area (Å²) in [7, 11) is 0. The van der Waals surface area contributed by atoms with Gasteiger partial charge < -0.3 is 10.2 Å². The Kier molecular flexibility index (Phi) is 4.31. The van der Waals surface area contributed by atoms with Crippen LogP contribution in [-0.2, 0) is 0 Å². The smallest absolute Gasteiger partial charge is 0.327 e.